The number of amides is 1. The fourth-order valence-electron chi connectivity index (χ4n) is 3.59. The number of halogens is 1. The van der Waals surface area contributed by atoms with Gasteiger partial charge in [-0.3, -0.25) is 9.59 Å². The first-order valence-corrected chi connectivity index (χ1v) is 10.5. The lowest BCUT2D eigenvalue weighted by Gasteiger charge is -2.20. The van der Waals surface area contributed by atoms with E-state index >= 15 is 0 Å². The minimum absolute atomic E-state index is 0.170. The summed E-state index contributed by atoms with van der Waals surface area (Å²) in [6.07, 6.45) is 0.798. The van der Waals surface area contributed by atoms with Gasteiger partial charge in [0.15, 0.2) is 0 Å². The molecule has 0 saturated heterocycles. The topological polar surface area (TPSA) is 51.1 Å². The van der Waals surface area contributed by atoms with E-state index in [1.165, 1.54) is 0 Å². The van der Waals surface area contributed by atoms with Gasteiger partial charge in [0.1, 0.15) is 5.56 Å². The van der Waals surface area contributed by atoms with Crippen molar-refractivity contribution in [2.45, 2.75) is 40.7 Å². The Balaban J connectivity index is 2.08. The Morgan fingerprint density at radius 1 is 1.00 bits per heavy atom. The van der Waals surface area contributed by atoms with E-state index in [2.05, 4.69) is 21.2 Å². The molecule has 0 bridgehead atoms. The van der Waals surface area contributed by atoms with Crippen molar-refractivity contribution in [1.29, 1.82) is 0 Å². The van der Waals surface area contributed by atoms with Crippen LogP contribution < -0.4 is 10.7 Å². The summed E-state index contributed by atoms with van der Waals surface area (Å²) in [6, 6.07) is 15.9. The monoisotopic (exact) mass is 452 g/mol. The summed E-state index contributed by atoms with van der Waals surface area (Å²) in [5.74, 6) is -0.376. The standard InChI is InChI=1S/C24H25BrN2O2/c1-5-19-13-9-10-15(2)22(19)26-24(29)20-16(3)27(17(4)21(25)23(20)28)14-18-11-7-6-8-12-18/h6-13H,5,14H2,1-4H3,(H,26,29). The molecule has 0 aliphatic heterocycles. The van der Waals surface area contributed by atoms with Crippen LogP contribution in [-0.4, -0.2) is 10.5 Å². The molecule has 3 aromatic rings. The number of para-hydroxylation sites is 1. The third-order valence-electron chi connectivity index (χ3n) is 5.30. The van der Waals surface area contributed by atoms with Crippen molar-refractivity contribution in [3.05, 3.63) is 96.9 Å². The van der Waals surface area contributed by atoms with Crippen LogP contribution in [0.3, 0.4) is 0 Å². The Morgan fingerprint density at radius 2 is 1.69 bits per heavy atom. The van der Waals surface area contributed by atoms with Gasteiger partial charge in [0, 0.05) is 23.6 Å². The summed E-state index contributed by atoms with van der Waals surface area (Å²) in [5.41, 5.74) is 5.26. The van der Waals surface area contributed by atoms with Crippen LogP contribution in [-0.2, 0) is 13.0 Å². The number of rotatable bonds is 5. The number of anilines is 1. The van der Waals surface area contributed by atoms with Crippen molar-refractivity contribution in [3.63, 3.8) is 0 Å². The molecule has 0 spiro atoms. The van der Waals surface area contributed by atoms with E-state index < -0.39 is 0 Å². The van der Waals surface area contributed by atoms with Gasteiger partial charge in [-0.25, -0.2) is 0 Å². The van der Waals surface area contributed by atoms with Crippen LogP contribution in [0.5, 0.6) is 0 Å². The Labute approximate surface area is 179 Å². The van der Waals surface area contributed by atoms with Crippen LogP contribution in [0.25, 0.3) is 0 Å². The van der Waals surface area contributed by atoms with Gasteiger partial charge in [-0.1, -0.05) is 55.5 Å². The highest BCUT2D eigenvalue weighted by atomic mass is 79.9. The van der Waals surface area contributed by atoms with Crippen molar-refractivity contribution in [2.24, 2.45) is 0 Å². The van der Waals surface area contributed by atoms with Crippen molar-refractivity contribution >= 4 is 27.5 Å². The molecule has 0 aliphatic carbocycles. The number of aromatic nitrogens is 1. The number of carbonyl (C=O) groups excluding carboxylic acids is 1. The summed E-state index contributed by atoms with van der Waals surface area (Å²) in [7, 11) is 0. The molecule has 4 nitrogen and oxygen atoms in total. The third kappa shape index (κ3) is 4.20. The zero-order valence-electron chi connectivity index (χ0n) is 17.2. The summed E-state index contributed by atoms with van der Waals surface area (Å²) in [6.45, 7) is 8.31. The van der Waals surface area contributed by atoms with E-state index in [9.17, 15) is 9.59 Å². The van der Waals surface area contributed by atoms with Crippen LogP contribution in [0.1, 0.15) is 45.4 Å². The first-order chi connectivity index (χ1) is 13.8. The van der Waals surface area contributed by atoms with Crippen LogP contribution >= 0.6 is 15.9 Å². The van der Waals surface area contributed by atoms with Gasteiger partial charge in [-0.15, -0.1) is 0 Å². The molecule has 1 heterocycles. The summed E-state index contributed by atoms with van der Waals surface area (Å²) >= 11 is 3.41. The molecule has 0 radical (unpaired) electrons. The first-order valence-electron chi connectivity index (χ1n) is 9.68. The predicted octanol–water partition coefficient (Wildman–Crippen LogP) is 5.40. The maximum absolute atomic E-state index is 13.2. The molecule has 0 atom stereocenters. The second-order valence-corrected chi connectivity index (χ2v) is 7.97. The first kappa shape index (κ1) is 21.1. The lowest BCUT2D eigenvalue weighted by Crippen LogP contribution is -2.29. The number of nitrogens with one attached hydrogen (secondary N) is 1. The zero-order chi connectivity index (χ0) is 21.1. The molecule has 3 rings (SSSR count). The summed E-state index contributed by atoms with van der Waals surface area (Å²) in [4.78, 5) is 26.2. The van der Waals surface area contributed by atoms with E-state index in [1.807, 2.05) is 80.8 Å². The fraction of sp³-hybridized carbons (Fsp3) is 0.250. The number of hydrogen-bond acceptors (Lipinski definition) is 2. The normalized spacial score (nSPS) is 10.8. The maximum atomic E-state index is 13.2. The highest BCUT2D eigenvalue weighted by Crippen LogP contribution is 2.23. The van der Waals surface area contributed by atoms with Crippen molar-refractivity contribution < 1.29 is 4.79 Å². The van der Waals surface area contributed by atoms with Crippen molar-refractivity contribution in [3.8, 4) is 0 Å². The lowest BCUT2D eigenvalue weighted by molar-refractivity contribution is 0.102. The number of carbonyl (C=O) groups is 1. The average Bonchev–Trinajstić information content (AvgIpc) is 2.72. The Bertz CT molecular complexity index is 1120. The van der Waals surface area contributed by atoms with Crippen LogP contribution in [0.2, 0.25) is 0 Å². The molecule has 0 unspecified atom stereocenters. The molecular formula is C24H25BrN2O2. The lowest BCUT2D eigenvalue weighted by atomic mass is 10.0. The minimum atomic E-state index is -0.376. The molecular weight excluding hydrogens is 428 g/mol. The summed E-state index contributed by atoms with van der Waals surface area (Å²) in [5, 5.41) is 2.99. The number of aryl methyl sites for hydroxylation is 2. The number of pyridine rings is 1. The van der Waals surface area contributed by atoms with Gasteiger partial charge in [0.2, 0.25) is 5.43 Å². The van der Waals surface area contributed by atoms with Gasteiger partial charge in [-0.05, 0) is 59.8 Å². The molecule has 0 fully saturated rings. The minimum Gasteiger partial charge on any atom is -0.343 e. The SMILES string of the molecule is CCc1cccc(C)c1NC(=O)c1c(C)n(Cc2ccccc2)c(C)c(Br)c1=O. The van der Waals surface area contributed by atoms with E-state index in [0.29, 0.717) is 16.7 Å². The second-order valence-electron chi connectivity index (χ2n) is 7.18. The number of benzene rings is 2. The summed E-state index contributed by atoms with van der Waals surface area (Å²) < 4.78 is 2.43. The second kappa shape index (κ2) is 8.78. The molecule has 2 aromatic carbocycles. The van der Waals surface area contributed by atoms with Crippen molar-refractivity contribution in [2.75, 3.05) is 5.32 Å². The fourth-order valence-corrected chi connectivity index (χ4v) is 4.00. The number of hydrogen-bond donors (Lipinski definition) is 1. The Kier molecular flexibility index (Phi) is 6.38. The van der Waals surface area contributed by atoms with Gasteiger partial charge in [0.25, 0.3) is 5.91 Å². The van der Waals surface area contributed by atoms with Crippen LogP contribution in [0.15, 0.2) is 57.8 Å². The molecule has 0 saturated carbocycles. The molecule has 1 amide bonds. The van der Waals surface area contributed by atoms with E-state index in [0.717, 1.165) is 34.5 Å². The van der Waals surface area contributed by atoms with Gasteiger partial charge < -0.3 is 9.88 Å². The highest BCUT2D eigenvalue weighted by Gasteiger charge is 2.22. The van der Waals surface area contributed by atoms with Crippen LogP contribution in [0.4, 0.5) is 5.69 Å². The van der Waals surface area contributed by atoms with Gasteiger partial charge in [-0.2, -0.15) is 0 Å². The molecule has 1 aromatic heterocycles. The van der Waals surface area contributed by atoms with Gasteiger partial charge in [0.05, 0.1) is 4.47 Å². The Hall–Kier alpha value is -2.66. The van der Waals surface area contributed by atoms with Crippen LogP contribution in [0, 0.1) is 20.8 Å². The highest BCUT2D eigenvalue weighted by molar-refractivity contribution is 9.10. The quantitative estimate of drug-likeness (QED) is 0.563. The number of nitrogens with zero attached hydrogens (tertiary/aromatic N) is 1. The molecule has 1 N–H and O–H groups in total. The van der Waals surface area contributed by atoms with Crippen molar-refractivity contribution in [1.82, 2.24) is 4.57 Å². The third-order valence-corrected chi connectivity index (χ3v) is 6.24. The Morgan fingerprint density at radius 3 is 2.34 bits per heavy atom. The van der Waals surface area contributed by atoms with E-state index in [1.54, 1.807) is 0 Å². The zero-order valence-corrected chi connectivity index (χ0v) is 18.8. The molecule has 5 heteroatoms. The smallest absolute Gasteiger partial charge is 0.261 e. The van der Waals surface area contributed by atoms with Gasteiger partial charge >= 0.3 is 0 Å². The van der Waals surface area contributed by atoms with E-state index in [-0.39, 0.29) is 16.9 Å². The van der Waals surface area contributed by atoms with E-state index in [4.69, 9.17) is 0 Å². The molecule has 0 aliphatic rings. The molecule has 29 heavy (non-hydrogen) atoms. The molecule has 150 valence electrons. The predicted molar refractivity (Wildman–Crippen MR) is 122 cm³/mol. The maximum Gasteiger partial charge on any atom is 0.261 e. The largest absolute Gasteiger partial charge is 0.343 e. The average molecular weight is 453 g/mol.